The van der Waals surface area contributed by atoms with E-state index in [9.17, 15) is 0 Å². The largest absolute Gasteiger partial charge is 0.308 e. The predicted octanol–water partition coefficient (Wildman–Crippen LogP) is 5.41. The zero-order valence-electron chi connectivity index (χ0n) is 8.26. The first-order valence-corrected chi connectivity index (χ1v) is 8.56. The van der Waals surface area contributed by atoms with E-state index in [1.165, 1.54) is 9.75 Å². The molecule has 0 fully saturated rings. The van der Waals surface area contributed by atoms with E-state index in [2.05, 4.69) is 70.6 Å². The molecular formula is C10H8Br3NS2. The summed E-state index contributed by atoms with van der Waals surface area (Å²) in [4.78, 5) is 2.60. The van der Waals surface area contributed by atoms with Crippen molar-refractivity contribution >= 4 is 70.5 Å². The molecule has 6 heteroatoms. The summed E-state index contributed by atoms with van der Waals surface area (Å²) in [6, 6.07) is 4.49. The average molecular weight is 446 g/mol. The molecule has 0 aliphatic carbocycles. The highest BCUT2D eigenvalue weighted by Gasteiger charge is 2.19. The van der Waals surface area contributed by atoms with Crippen LogP contribution in [0.1, 0.15) is 15.8 Å². The van der Waals surface area contributed by atoms with Crippen LogP contribution < -0.4 is 5.32 Å². The maximum Gasteiger partial charge on any atom is 0.0843 e. The lowest BCUT2D eigenvalue weighted by molar-refractivity contribution is 0.713. The van der Waals surface area contributed by atoms with E-state index in [1.54, 1.807) is 22.7 Å². The maximum atomic E-state index is 3.58. The van der Waals surface area contributed by atoms with Crippen molar-refractivity contribution in [1.82, 2.24) is 5.32 Å². The molecule has 0 aliphatic heterocycles. The van der Waals surface area contributed by atoms with E-state index in [-0.39, 0.29) is 6.04 Å². The lowest BCUT2D eigenvalue weighted by atomic mass is 10.2. The Balaban J connectivity index is 2.40. The van der Waals surface area contributed by atoms with Crippen LogP contribution in [0.3, 0.4) is 0 Å². The Hall–Kier alpha value is 0.800. The van der Waals surface area contributed by atoms with Gasteiger partial charge in [0.05, 0.1) is 9.83 Å². The molecule has 0 saturated carbocycles. The Morgan fingerprint density at radius 1 is 1.25 bits per heavy atom. The number of halogens is 3. The molecule has 0 amide bonds. The van der Waals surface area contributed by atoms with Gasteiger partial charge in [0.25, 0.3) is 0 Å². The minimum absolute atomic E-state index is 0.252. The van der Waals surface area contributed by atoms with Crippen LogP contribution in [-0.2, 0) is 0 Å². The molecule has 0 saturated heterocycles. The zero-order chi connectivity index (χ0) is 11.7. The van der Waals surface area contributed by atoms with Crippen LogP contribution in [0, 0.1) is 0 Å². The second-order valence-electron chi connectivity index (χ2n) is 3.12. The first-order chi connectivity index (χ1) is 7.63. The van der Waals surface area contributed by atoms with Gasteiger partial charge >= 0.3 is 0 Å². The van der Waals surface area contributed by atoms with Gasteiger partial charge in [-0.1, -0.05) is 0 Å². The molecule has 2 aromatic heterocycles. The third kappa shape index (κ3) is 2.62. The van der Waals surface area contributed by atoms with Gasteiger partial charge in [0.15, 0.2) is 0 Å². The van der Waals surface area contributed by atoms with Gasteiger partial charge in [-0.2, -0.15) is 0 Å². The third-order valence-electron chi connectivity index (χ3n) is 2.14. The van der Waals surface area contributed by atoms with Crippen molar-refractivity contribution in [3.8, 4) is 0 Å². The SMILES string of the molecule is CNC(c1cc(Br)c(Br)s1)c1sccc1Br. The molecule has 0 bridgehead atoms. The van der Waals surface area contributed by atoms with E-state index in [1.807, 2.05) is 7.05 Å². The van der Waals surface area contributed by atoms with Gasteiger partial charge in [-0.25, -0.2) is 0 Å². The van der Waals surface area contributed by atoms with Crippen molar-refractivity contribution in [2.75, 3.05) is 7.05 Å². The summed E-state index contributed by atoms with van der Waals surface area (Å²) in [5.74, 6) is 0. The van der Waals surface area contributed by atoms with Crippen LogP contribution in [0.2, 0.25) is 0 Å². The fourth-order valence-corrected chi connectivity index (χ4v) is 5.43. The minimum Gasteiger partial charge on any atom is -0.308 e. The highest BCUT2D eigenvalue weighted by atomic mass is 79.9. The zero-order valence-corrected chi connectivity index (χ0v) is 14.7. The molecular weight excluding hydrogens is 438 g/mol. The molecule has 2 heterocycles. The van der Waals surface area contributed by atoms with Gasteiger partial charge in [-0.05, 0) is 72.4 Å². The molecule has 0 aromatic carbocycles. The van der Waals surface area contributed by atoms with E-state index in [0.29, 0.717) is 0 Å². The van der Waals surface area contributed by atoms with Crippen LogP contribution >= 0.6 is 70.5 Å². The summed E-state index contributed by atoms with van der Waals surface area (Å²) in [5.41, 5.74) is 0. The first-order valence-electron chi connectivity index (χ1n) is 4.48. The van der Waals surface area contributed by atoms with Crippen molar-refractivity contribution in [3.05, 3.63) is 40.0 Å². The van der Waals surface area contributed by atoms with Crippen molar-refractivity contribution in [3.63, 3.8) is 0 Å². The van der Waals surface area contributed by atoms with E-state index in [0.717, 1.165) is 12.7 Å². The van der Waals surface area contributed by atoms with E-state index in [4.69, 9.17) is 0 Å². The molecule has 86 valence electrons. The lowest BCUT2D eigenvalue weighted by Gasteiger charge is -2.13. The number of hydrogen-bond donors (Lipinski definition) is 1. The van der Waals surface area contributed by atoms with Gasteiger partial charge in [-0.15, -0.1) is 22.7 Å². The predicted molar refractivity (Wildman–Crippen MR) is 82.6 cm³/mol. The second kappa shape index (κ2) is 5.63. The second-order valence-corrected chi connectivity index (χ2v) is 8.18. The van der Waals surface area contributed by atoms with Gasteiger partial charge in [0, 0.05) is 18.7 Å². The fourth-order valence-electron chi connectivity index (χ4n) is 1.42. The summed E-state index contributed by atoms with van der Waals surface area (Å²) in [7, 11) is 1.98. The highest BCUT2D eigenvalue weighted by Crippen LogP contribution is 2.40. The van der Waals surface area contributed by atoms with Crippen LogP contribution in [-0.4, -0.2) is 7.05 Å². The molecule has 1 N–H and O–H groups in total. The van der Waals surface area contributed by atoms with Gasteiger partial charge in [-0.3, -0.25) is 0 Å². The fraction of sp³-hybridized carbons (Fsp3) is 0.200. The maximum absolute atomic E-state index is 3.58. The smallest absolute Gasteiger partial charge is 0.0843 e. The molecule has 0 radical (unpaired) electrons. The van der Waals surface area contributed by atoms with Crippen molar-refractivity contribution in [2.24, 2.45) is 0 Å². The number of hydrogen-bond acceptors (Lipinski definition) is 3. The molecule has 0 aliphatic rings. The molecule has 0 spiro atoms. The van der Waals surface area contributed by atoms with Crippen molar-refractivity contribution < 1.29 is 0 Å². The molecule has 2 rings (SSSR count). The Kier molecular flexibility index (Phi) is 4.66. The quantitative estimate of drug-likeness (QED) is 0.666. The summed E-state index contributed by atoms with van der Waals surface area (Å²) < 4.78 is 3.41. The van der Waals surface area contributed by atoms with E-state index < -0.39 is 0 Å². The molecule has 1 atom stereocenters. The Labute approximate surface area is 128 Å². The van der Waals surface area contributed by atoms with Crippen LogP contribution in [0.15, 0.2) is 30.2 Å². The normalized spacial score (nSPS) is 13.0. The van der Waals surface area contributed by atoms with Crippen LogP contribution in [0.5, 0.6) is 0 Å². The van der Waals surface area contributed by atoms with Gasteiger partial charge in [0.2, 0.25) is 0 Å². The number of nitrogens with one attached hydrogen (secondary N) is 1. The number of thiophene rings is 2. The molecule has 1 unspecified atom stereocenters. The first kappa shape index (κ1) is 13.2. The minimum atomic E-state index is 0.252. The summed E-state index contributed by atoms with van der Waals surface area (Å²) in [5, 5.41) is 5.45. The standard InChI is InChI=1S/C10H8Br3NS2/c1-14-8(9-5(11)2-3-15-9)7-4-6(12)10(13)16-7/h2-4,8,14H,1H3. The number of rotatable bonds is 3. The van der Waals surface area contributed by atoms with Crippen LogP contribution in [0.25, 0.3) is 0 Å². The monoisotopic (exact) mass is 443 g/mol. The highest BCUT2D eigenvalue weighted by molar-refractivity contribution is 9.13. The van der Waals surface area contributed by atoms with Crippen molar-refractivity contribution in [2.45, 2.75) is 6.04 Å². The summed E-state index contributed by atoms with van der Waals surface area (Å²) >= 11 is 14.1. The van der Waals surface area contributed by atoms with Gasteiger partial charge < -0.3 is 5.32 Å². The third-order valence-corrected chi connectivity index (χ3v) is 7.40. The summed E-state index contributed by atoms with van der Waals surface area (Å²) in [6.07, 6.45) is 0. The average Bonchev–Trinajstić information content (AvgIpc) is 2.78. The molecule has 1 nitrogen and oxygen atoms in total. The summed E-state index contributed by atoms with van der Waals surface area (Å²) in [6.45, 7) is 0. The van der Waals surface area contributed by atoms with Gasteiger partial charge in [0.1, 0.15) is 0 Å². The molecule has 16 heavy (non-hydrogen) atoms. The Bertz CT molecular complexity index is 472. The molecule has 2 aromatic rings. The Morgan fingerprint density at radius 2 is 2.00 bits per heavy atom. The topological polar surface area (TPSA) is 12.0 Å². The van der Waals surface area contributed by atoms with Crippen LogP contribution in [0.4, 0.5) is 0 Å². The van der Waals surface area contributed by atoms with E-state index >= 15 is 0 Å². The van der Waals surface area contributed by atoms with Crippen molar-refractivity contribution in [1.29, 1.82) is 0 Å². The Morgan fingerprint density at radius 3 is 2.44 bits per heavy atom. The lowest BCUT2D eigenvalue weighted by Crippen LogP contribution is -2.15.